The summed E-state index contributed by atoms with van der Waals surface area (Å²) in [7, 11) is -2.19. The molecule has 1 atom stereocenters. The number of nitrogens with two attached hydrogens (primary N) is 1. The fraction of sp³-hybridized carbons (Fsp3) is 0.700. The highest BCUT2D eigenvalue weighted by molar-refractivity contribution is 7.89. The number of sulfonamides is 1. The molecule has 19 heavy (non-hydrogen) atoms. The van der Waals surface area contributed by atoms with Gasteiger partial charge < -0.3 is 15.6 Å². The molecule has 2 heterocycles. The van der Waals surface area contributed by atoms with Crippen molar-refractivity contribution in [2.24, 2.45) is 7.05 Å². The van der Waals surface area contributed by atoms with Crippen molar-refractivity contribution in [3.63, 3.8) is 0 Å². The van der Waals surface area contributed by atoms with E-state index in [1.165, 1.54) is 4.68 Å². The van der Waals surface area contributed by atoms with Crippen LogP contribution in [0.5, 0.6) is 0 Å². The number of nitrogens with one attached hydrogen (secondary N) is 1. The maximum atomic E-state index is 12.2. The molecule has 1 aliphatic rings. The summed E-state index contributed by atoms with van der Waals surface area (Å²) < 4.78 is 33.2. The van der Waals surface area contributed by atoms with Gasteiger partial charge in [0.05, 0.1) is 12.3 Å². The second-order valence-electron chi connectivity index (χ2n) is 4.77. The van der Waals surface area contributed by atoms with Crippen molar-refractivity contribution in [2.75, 3.05) is 25.5 Å². The Morgan fingerprint density at radius 3 is 2.79 bits per heavy atom. The molecule has 1 fully saturated rings. The average Bonchev–Trinajstić information content (AvgIpc) is 2.83. The Kier molecular flexibility index (Phi) is 3.56. The van der Waals surface area contributed by atoms with Gasteiger partial charge in [0.2, 0.25) is 10.0 Å². The number of nitrogen functional groups attached to an aromatic ring is 1. The van der Waals surface area contributed by atoms with E-state index in [-0.39, 0.29) is 23.9 Å². The van der Waals surface area contributed by atoms with Crippen LogP contribution in [0.3, 0.4) is 0 Å². The third kappa shape index (κ3) is 2.73. The molecule has 0 amide bonds. The minimum absolute atomic E-state index is 0.0440. The predicted octanol–water partition coefficient (Wildman–Crippen LogP) is -1.26. The molecule has 0 saturated carbocycles. The normalized spacial score (nSPS) is 23.9. The van der Waals surface area contributed by atoms with E-state index < -0.39 is 15.6 Å². The lowest BCUT2D eigenvalue weighted by Gasteiger charge is -2.20. The van der Waals surface area contributed by atoms with Crippen LogP contribution >= 0.6 is 0 Å². The third-order valence-electron chi connectivity index (χ3n) is 3.25. The van der Waals surface area contributed by atoms with Crippen LogP contribution in [0.1, 0.15) is 12.1 Å². The zero-order valence-corrected chi connectivity index (χ0v) is 11.7. The van der Waals surface area contributed by atoms with Gasteiger partial charge in [-0.15, -0.1) is 0 Å². The Morgan fingerprint density at radius 1 is 1.63 bits per heavy atom. The second-order valence-corrected chi connectivity index (χ2v) is 6.48. The van der Waals surface area contributed by atoms with Crippen LogP contribution in [0.2, 0.25) is 0 Å². The molecule has 0 bridgehead atoms. The number of anilines is 1. The number of ether oxygens (including phenoxy) is 1. The van der Waals surface area contributed by atoms with Gasteiger partial charge in [-0.3, -0.25) is 4.68 Å². The van der Waals surface area contributed by atoms with Gasteiger partial charge in [-0.05, 0) is 6.92 Å². The summed E-state index contributed by atoms with van der Waals surface area (Å²) >= 11 is 0. The molecular formula is C10H18N4O4S. The molecule has 1 unspecified atom stereocenters. The number of aliphatic hydroxyl groups is 1. The monoisotopic (exact) mass is 290 g/mol. The SMILES string of the molecule is Cc1c(S(=O)(=O)NCC2(O)CCOC2)c(N)nn1C. The molecule has 108 valence electrons. The zero-order valence-electron chi connectivity index (χ0n) is 10.9. The molecule has 9 heteroatoms. The summed E-state index contributed by atoms with van der Waals surface area (Å²) in [6.45, 7) is 2.05. The number of hydrogen-bond donors (Lipinski definition) is 3. The van der Waals surface area contributed by atoms with Gasteiger partial charge in [-0.1, -0.05) is 0 Å². The van der Waals surface area contributed by atoms with Crippen molar-refractivity contribution in [3.05, 3.63) is 5.69 Å². The molecule has 1 aliphatic heterocycles. The number of aryl methyl sites for hydroxylation is 1. The minimum atomic E-state index is -3.80. The van der Waals surface area contributed by atoms with Gasteiger partial charge in [-0.2, -0.15) is 5.10 Å². The number of hydrogen-bond acceptors (Lipinski definition) is 6. The van der Waals surface area contributed by atoms with Crippen LogP contribution in [-0.2, 0) is 21.8 Å². The maximum Gasteiger partial charge on any atom is 0.246 e. The van der Waals surface area contributed by atoms with Gasteiger partial charge in [0.15, 0.2) is 5.82 Å². The van der Waals surface area contributed by atoms with Crippen LogP contribution in [0.25, 0.3) is 0 Å². The first-order valence-corrected chi connectivity index (χ1v) is 7.32. The summed E-state index contributed by atoms with van der Waals surface area (Å²) in [6.07, 6.45) is 0.400. The summed E-state index contributed by atoms with van der Waals surface area (Å²) in [6, 6.07) is 0. The van der Waals surface area contributed by atoms with Crippen LogP contribution in [0.4, 0.5) is 5.82 Å². The van der Waals surface area contributed by atoms with Crippen molar-refractivity contribution in [1.29, 1.82) is 0 Å². The topological polar surface area (TPSA) is 119 Å². The lowest BCUT2D eigenvalue weighted by molar-refractivity contribution is 0.0314. The molecular weight excluding hydrogens is 272 g/mol. The number of nitrogens with zero attached hydrogens (tertiary/aromatic N) is 2. The van der Waals surface area contributed by atoms with Gasteiger partial charge in [0.1, 0.15) is 10.5 Å². The Bertz CT molecular complexity index is 575. The molecule has 1 aromatic heterocycles. The van der Waals surface area contributed by atoms with Crippen LogP contribution in [-0.4, -0.2) is 48.7 Å². The quantitative estimate of drug-likeness (QED) is 0.637. The standard InChI is InChI=1S/C10H18N4O4S/c1-7-8(9(11)13-14(7)2)19(16,17)12-5-10(15)3-4-18-6-10/h12,15H,3-6H2,1-2H3,(H2,11,13). The molecule has 0 spiro atoms. The van der Waals surface area contributed by atoms with Crippen LogP contribution < -0.4 is 10.5 Å². The Hall–Kier alpha value is -1.16. The van der Waals surface area contributed by atoms with Gasteiger partial charge in [0.25, 0.3) is 0 Å². The van der Waals surface area contributed by atoms with E-state index in [1.54, 1.807) is 14.0 Å². The molecule has 0 aromatic carbocycles. The van der Waals surface area contributed by atoms with Gasteiger partial charge in [-0.25, -0.2) is 13.1 Å². The van der Waals surface area contributed by atoms with Gasteiger partial charge >= 0.3 is 0 Å². The molecule has 1 saturated heterocycles. The van der Waals surface area contributed by atoms with E-state index >= 15 is 0 Å². The minimum Gasteiger partial charge on any atom is -0.386 e. The summed E-state index contributed by atoms with van der Waals surface area (Å²) in [4.78, 5) is -0.0440. The predicted molar refractivity (Wildman–Crippen MR) is 67.9 cm³/mol. The van der Waals surface area contributed by atoms with Crippen molar-refractivity contribution >= 4 is 15.8 Å². The molecule has 8 nitrogen and oxygen atoms in total. The van der Waals surface area contributed by atoms with E-state index in [0.29, 0.717) is 18.7 Å². The fourth-order valence-corrected chi connectivity index (χ4v) is 3.42. The Morgan fingerprint density at radius 2 is 2.32 bits per heavy atom. The third-order valence-corrected chi connectivity index (χ3v) is 4.81. The Balaban J connectivity index is 2.19. The van der Waals surface area contributed by atoms with Crippen molar-refractivity contribution in [1.82, 2.24) is 14.5 Å². The fourth-order valence-electron chi connectivity index (χ4n) is 1.98. The molecule has 2 rings (SSSR count). The van der Waals surface area contributed by atoms with Crippen molar-refractivity contribution in [3.8, 4) is 0 Å². The molecule has 1 aromatic rings. The van der Waals surface area contributed by atoms with E-state index in [1.807, 2.05) is 0 Å². The first kappa shape index (κ1) is 14.3. The first-order chi connectivity index (χ1) is 8.75. The van der Waals surface area contributed by atoms with Crippen LogP contribution in [0.15, 0.2) is 4.90 Å². The van der Waals surface area contributed by atoms with Crippen LogP contribution in [0, 0.1) is 6.92 Å². The maximum absolute atomic E-state index is 12.2. The Labute approximate surface area is 111 Å². The molecule has 0 radical (unpaired) electrons. The highest BCUT2D eigenvalue weighted by Crippen LogP contribution is 2.22. The average molecular weight is 290 g/mol. The number of aromatic nitrogens is 2. The molecule has 0 aliphatic carbocycles. The van der Waals surface area contributed by atoms with E-state index in [9.17, 15) is 13.5 Å². The number of rotatable bonds is 4. The smallest absolute Gasteiger partial charge is 0.246 e. The van der Waals surface area contributed by atoms with E-state index in [0.717, 1.165) is 0 Å². The second kappa shape index (κ2) is 4.75. The van der Waals surface area contributed by atoms with Crippen molar-refractivity contribution in [2.45, 2.75) is 23.8 Å². The van der Waals surface area contributed by atoms with Gasteiger partial charge in [0, 0.05) is 26.6 Å². The lowest BCUT2D eigenvalue weighted by Crippen LogP contribution is -2.43. The largest absolute Gasteiger partial charge is 0.386 e. The first-order valence-electron chi connectivity index (χ1n) is 5.84. The zero-order chi connectivity index (χ0) is 14.3. The van der Waals surface area contributed by atoms with Crippen molar-refractivity contribution < 1.29 is 18.3 Å². The van der Waals surface area contributed by atoms with E-state index in [2.05, 4.69) is 9.82 Å². The highest BCUT2D eigenvalue weighted by Gasteiger charge is 2.35. The lowest BCUT2D eigenvalue weighted by atomic mass is 10.1. The van der Waals surface area contributed by atoms with E-state index in [4.69, 9.17) is 10.5 Å². The summed E-state index contributed by atoms with van der Waals surface area (Å²) in [5.74, 6) is -0.0536. The summed E-state index contributed by atoms with van der Waals surface area (Å²) in [5.41, 5.74) is 4.90. The highest BCUT2D eigenvalue weighted by atomic mass is 32.2. The summed E-state index contributed by atoms with van der Waals surface area (Å²) in [5, 5.41) is 13.9. The molecule has 4 N–H and O–H groups in total.